The molecule has 2 N–H and O–H groups in total. The van der Waals surface area contributed by atoms with Gasteiger partial charge in [-0.05, 0) is 12.8 Å². The lowest BCUT2D eigenvalue weighted by atomic mass is 9.72. The van der Waals surface area contributed by atoms with Gasteiger partial charge in [-0.2, -0.15) is 0 Å². The van der Waals surface area contributed by atoms with Crippen molar-refractivity contribution in [3.05, 3.63) is 0 Å². The van der Waals surface area contributed by atoms with Gasteiger partial charge in [0, 0.05) is 7.11 Å². The van der Waals surface area contributed by atoms with Crippen LogP contribution in [0.4, 0.5) is 0 Å². The van der Waals surface area contributed by atoms with Crippen molar-refractivity contribution in [2.45, 2.75) is 30.9 Å². The third kappa shape index (κ3) is 1.59. The third-order valence-corrected chi connectivity index (χ3v) is 2.50. The van der Waals surface area contributed by atoms with Crippen molar-refractivity contribution in [2.24, 2.45) is 5.73 Å². The largest absolute Gasteiger partial charge is 0.469 e. The van der Waals surface area contributed by atoms with E-state index in [9.17, 15) is 4.79 Å². The molecule has 0 heterocycles. The number of rotatable bonds is 3. The summed E-state index contributed by atoms with van der Waals surface area (Å²) in [6, 6.07) is 0. The summed E-state index contributed by atoms with van der Waals surface area (Å²) < 4.78 is 9.65. The SMILES string of the molecule is COC(=O)CC1(N)CCC1OC. The van der Waals surface area contributed by atoms with Gasteiger partial charge in [-0.3, -0.25) is 4.79 Å². The number of carbonyl (C=O) groups is 1. The standard InChI is InChI=1S/C8H15NO3/c1-11-6-3-4-8(6,9)5-7(10)12-2/h6H,3-5,9H2,1-2H3. The molecular formula is C8H15NO3. The van der Waals surface area contributed by atoms with Gasteiger partial charge >= 0.3 is 5.97 Å². The Labute approximate surface area is 72.0 Å². The topological polar surface area (TPSA) is 61.5 Å². The van der Waals surface area contributed by atoms with Crippen molar-refractivity contribution in [1.82, 2.24) is 0 Å². The highest BCUT2D eigenvalue weighted by Crippen LogP contribution is 2.35. The molecule has 0 amide bonds. The Kier molecular flexibility index (Phi) is 2.69. The number of carbonyl (C=O) groups excluding carboxylic acids is 1. The summed E-state index contributed by atoms with van der Waals surface area (Å²) in [6.07, 6.45) is 2.03. The van der Waals surface area contributed by atoms with Crippen LogP contribution in [0.3, 0.4) is 0 Å². The van der Waals surface area contributed by atoms with Gasteiger partial charge in [0.1, 0.15) is 0 Å². The van der Waals surface area contributed by atoms with Crippen molar-refractivity contribution in [3.63, 3.8) is 0 Å². The summed E-state index contributed by atoms with van der Waals surface area (Å²) in [4.78, 5) is 10.9. The lowest BCUT2D eigenvalue weighted by Crippen LogP contribution is -2.60. The molecule has 4 heteroatoms. The van der Waals surface area contributed by atoms with Crippen LogP contribution in [0.15, 0.2) is 0 Å². The van der Waals surface area contributed by atoms with Crippen LogP contribution < -0.4 is 5.73 Å². The lowest BCUT2D eigenvalue weighted by Gasteiger charge is -2.44. The molecule has 1 rings (SSSR count). The molecule has 4 nitrogen and oxygen atoms in total. The van der Waals surface area contributed by atoms with Crippen LogP contribution in [0.1, 0.15) is 19.3 Å². The van der Waals surface area contributed by atoms with E-state index in [1.807, 2.05) is 0 Å². The summed E-state index contributed by atoms with van der Waals surface area (Å²) >= 11 is 0. The van der Waals surface area contributed by atoms with Gasteiger partial charge in [0.25, 0.3) is 0 Å². The van der Waals surface area contributed by atoms with Gasteiger partial charge in [0.2, 0.25) is 0 Å². The quantitative estimate of drug-likeness (QED) is 0.613. The Hall–Kier alpha value is -0.610. The Morgan fingerprint density at radius 1 is 1.67 bits per heavy atom. The monoisotopic (exact) mass is 173 g/mol. The van der Waals surface area contributed by atoms with Crippen LogP contribution in [-0.4, -0.2) is 31.8 Å². The molecule has 70 valence electrons. The predicted molar refractivity (Wildman–Crippen MR) is 43.6 cm³/mol. The second kappa shape index (κ2) is 3.41. The second-order valence-corrected chi connectivity index (χ2v) is 3.25. The molecule has 0 aromatic rings. The summed E-state index contributed by atoms with van der Waals surface area (Å²) in [5.74, 6) is -0.265. The first-order valence-corrected chi connectivity index (χ1v) is 4.01. The van der Waals surface area contributed by atoms with Crippen molar-refractivity contribution in [3.8, 4) is 0 Å². The van der Waals surface area contributed by atoms with E-state index in [0.29, 0.717) is 0 Å². The third-order valence-electron chi connectivity index (χ3n) is 2.50. The fraction of sp³-hybridized carbons (Fsp3) is 0.875. The first-order valence-electron chi connectivity index (χ1n) is 4.01. The Morgan fingerprint density at radius 3 is 2.67 bits per heavy atom. The molecule has 0 radical (unpaired) electrons. The van der Waals surface area contributed by atoms with Crippen LogP contribution in [0.5, 0.6) is 0 Å². The molecule has 0 spiro atoms. The van der Waals surface area contributed by atoms with Crippen molar-refractivity contribution in [1.29, 1.82) is 0 Å². The van der Waals surface area contributed by atoms with E-state index in [-0.39, 0.29) is 18.5 Å². The molecule has 0 aromatic carbocycles. The van der Waals surface area contributed by atoms with E-state index in [4.69, 9.17) is 10.5 Å². The van der Waals surface area contributed by atoms with E-state index < -0.39 is 5.54 Å². The van der Waals surface area contributed by atoms with Gasteiger partial charge in [-0.25, -0.2) is 0 Å². The zero-order valence-electron chi connectivity index (χ0n) is 7.50. The fourth-order valence-electron chi connectivity index (χ4n) is 1.53. The molecule has 1 fully saturated rings. The van der Waals surface area contributed by atoms with Gasteiger partial charge < -0.3 is 15.2 Å². The van der Waals surface area contributed by atoms with Crippen molar-refractivity contribution in [2.75, 3.05) is 14.2 Å². The molecule has 0 aromatic heterocycles. The molecule has 1 saturated carbocycles. The van der Waals surface area contributed by atoms with Crippen LogP contribution >= 0.6 is 0 Å². The smallest absolute Gasteiger partial charge is 0.307 e. The van der Waals surface area contributed by atoms with Crippen LogP contribution in [0.25, 0.3) is 0 Å². The maximum atomic E-state index is 10.9. The summed E-state index contributed by atoms with van der Waals surface area (Å²) in [6.45, 7) is 0. The normalized spacial score (nSPS) is 34.1. The van der Waals surface area contributed by atoms with Gasteiger partial charge in [-0.15, -0.1) is 0 Å². The number of ether oxygens (including phenoxy) is 2. The highest BCUT2D eigenvalue weighted by molar-refractivity contribution is 5.71. The fourth-order valence-corrected chi connectivity index (χ4v) is 1.53. The van der Waals surface area contributed by atoms with Crippen molar-refractivity contribution < 1.29 is 14.3 Å². The van der Waals surface area contributed by atoms with E-state index in [2.05, 4.69) is 4.74 Å². The molecule has 2 unspecified atom stereocenters. The Bertz CT molecular complexity index is 181. The molecule has 1 aliphatic carbocycles. The molecule has 0 aliphatic heterocycles. The average molecular weight is 173 g/mol. The number of nitrogens with two attached hydrogens (primary N) is 1. The lowest BCUT2D eigenvalue weighted by molar-refractivity contribution is -0.146. The zero-order valence-corrected chi connectivity index (χ0v) is 7.50. The molecule has 12 heavy (non-hydrogen) atoms. The number of hydrogen-bond donors (Lipinski definition) is 1. The maximum absolute atomic E-state index is 10.9. The van der Waals surface area contributed by atoms with Crippen LogP contribution in [-0.2, 0) is 14.3 Å². The predicted octanol–water partition coefficient (Wildman–Crippen LogP) is 0.0558. The molecule has 0 bridgehead atoms. The van der Waals surface area contributed by atoms with Gasteiger partial charge in [0.05, 0.1) is 25.2 Å². The Balaban J connectivity index is 2.44. The minimum Gasteiger partial charge on any atom is -0.469 e. The maximum Gasteiger partial charge on any atom is 0.307 e. The number of methoxy groups -OCH3 is 2. The van der Waals surface area contributed by atoms with Crippen LogP contribution in [0, 0.1) is 0 Å². The Morgan fingerprint density at radius 2 is 2.33 bits per heavy atom. The van der Waals surface area contributed by atoms with Crippen molar-refractivity contribution >= 4 is 5.97 Å². The average Bonchev–Trinajstić information content (AvgIpc) is 2.03. The van der Waals surface area contributed by atoms with Gasteiger partial charge in [-0.1, -0.05) is 0 Å². The second-order valence-electron chi connectivity index (χ2n) is 3.25. The number of hydrogen-bond acceptors (Lipinski definition) is 4. The first-order chi connectivity index (χ1) is 5.62. The molecular weight excluding hydrogens is 158 g/mol. The highest BCUT2D eigenvalue weighted by atomic mass is 16.5. The summed E-state index contributed by atoms with van der Waals surface area (Å²) in [7, 11) is 2.98. The summed E-state index contributed by atoms with van der Waals surface area (Å²) in [5, 5.41) is 0. The van der Waals surface area contributed by atoms with Crippen LogP contribution in [0.2, 0.25) is 0 Å². The zero-order chi connectivity index (χ0) is 9.19. The minimum atomic E-state index is -0.484. The number of esters is 1. The highest BCUT2D eigenvalue weighted by Gasteiger charge is 2.45. The summed E-state index contributed by atoms with van der Waals surface area (Å²) in [5.41, 5.74) is 5.42. The molecule has 0 saturated heterocycles. The van der Waals surface area contributed by atoms with E-state index >= 15 is 0 Å². The molecule has 1 aliphatic rings. The van der Waals surface area contributed by atoms with Gasteiger partial charge in [0.15, 0.2) is 0 Å². The minimum absolute atomic E-state index is 0.0107. The first kappa shape index (κ1) is 9.48. The molecule has 2 atom stereocenters. The van der Waals surface area contributed by atoms with E-state index in [1.165, 1.54) is 7.11 Å². The van der Waals surface area contributed by atoms with E-state index in [0.717, 1.165) is 12.8 Å². The van der Waals surface area contributed by atoms with E-state index in [1.54, 1.807) is 7.11 Å².